The van der Waals surface area contributed by atoms with Crippen LogP contribution in [0.25, 0.3) is 10.8 Å². The molecule has 13 heteroatoms. The Kier molecular flexibility index (Phi) is 12.8. The first-order valence-electron chi connectivity index (χ1n) is 14.9. The van der Waals surface area contributed by atoms with E-state index < -0.39 is 47.4 Å². The molecule has 0 aliphatic heterocycles. The molecule has 0 spiro atoms. The Morgan fingerprint density at radius 3 is 1.86 bits per heavy atom. The number of azo groups is 1. The van der Waals surface area contributed by atoms with Crippen LogP contribution >= 0.6 is 0 Å². The number of aromatic hydroxyl groups is 1. The highest BCUT2D eigenvalue weighted by Gasteiger charge is 2.25. The maximum atomic E-state index is 12.2. The summed E-state index contributed by atoms with van der Waals surface area (Å²) in [5.41, 5.74) is 0.625. The minimum Gasteiger partial charge on any atom is -0.505 e. The van der Waals surface area contributed by atoms with Gasteiger partial charge in [0.25, 0.3) is 20.2 Å². The topological polar surface area (TPSA) is 183 Å². The quantitative estimate of drug-likeness (QED) is 0.0641. The van der Waals surface area contributed by atoms with Crippen LogP contribution in [-0.4, -0.2) is 37.0 Å². The lowest BCUT2D eigenvalue weighted by atomic mass is 10.0. The SMILES string of the molecule is CCCCCCCCCCCCCc1ccc(N=Nc2c(S(=O)(=O)O)cc3cc(S(=O)(=O)O)cc(NC(C)=O)c3c2O)cc1. The lowest BCUT2D eigenvalue weighted by molar-refractivity contribution is -0.114. The molecular formula is C31H41N3O8S2. The van der Waals surface area contributed by atoms with Crippen LogP contribution < -0.4 is 5.32 Å². The lowest BCUT2D eigenvalue weighted by Gasteiger charge is -2.14. The fraction of sp³-hybridized carbons (Fsp3) is 0.452. The molecule has 0 saturated carbocycles. The maximum Gasteiger partial charge on any atom is 0.296 e. The molecule has 0 atom stereocenters. The van der Waals surface area contributed by atoms with Gasteiger partial charge in [-0.3, -0.25) is 13.9 Å². The Hall–Kier alpha value is -3.39. The Morgan fingerprint density at radius 2 is 1.34 bits per heavy atom. The van der Waals surface area contributed by atoms with Crippen molar-refractivity contribution in [1.29, 1.82) is 0 Å². The largest absolute Gasteiger partial charge is 0.505 e. The van der Waals surface area contributed by atoms with Gasteiger partial charge in [-0.25, -0.2) is 0 Å². The number of hydrogen-bond acceptors (Lipinski definition) is 8. The van der Waals surface area contributed by atoms with Gasteiger partial charge in [0.2, 0.25) is 5.91 Å². The molecule has 0 heterocycles. The van der Waals surface area contributed by atoms with Crippen LogP contribution in [-0.2, 0) is 31.5 Å². The van der Waals surface area contributed by atoms with Crippen molar-refractivity contribution < 1.29 is 35.8 Å². The van der Waals surface area contributed by atoms with E-state index in [1.165, 1.54) is 57.8 Å². The molecule has 3 aromatic rings. The van der Waals surface area contributed by atoms with Crippen LogP contribution in [0.5, 0.6) is 5.75 Å². The smallest absolute Gasteiger partial charge is 0.296 e. The molecule has 0 radical (unpaired) electrons. The number of phenols is 1. The predicted octanol–water partition coefficient (Wildman–Crippen LogP) is 8.27. The number of anilines is 1. The normalized spacial score (nSPS) is 12.3. The van der Waals surface area contributed by atoms with E-state index in [1.54, 1.807) is 12.1 Å². The van der Waals surface area contributed by atoms with E-state index in [9.17, 15) is 35.8 Å². The molecule has 0 aromatic heterocycles. The number of unbranched alkanes of at least 4 members (excludes halogenated alkanes) is 10. The summed E-state index contributed by atoms with van der Waals surface area (Å²) in [5.74, 6) is -1.41. The van der Waals surface area contributed by atoms with E-state index >= 15 is 0 Å². The fourth-order valence-electron chi connectivity index (χ4n) is 5.02. The number of carbonyl (C=O) groups is 1. The Morgan fingerprint density at radius 1 is 0.773 bits per heavy atom. The van der Waals surface area contributed by atoms with Crippen LogP contribution in [0, 0.1) is 0 Å². The van der Waals surface area contributed by atoms with Crippen molar-refractivity contribution in [1.82, 2.24) is 0 Å². The first-order valence-corrected chi connectivity index (χ1v) is 17.8. The number of aryl methyl sites for hydroxylation is 1. The van der Waals surface area contributed by atoms with Crippen LogP contribution in [0.3, 0.4) is 0 Å². The Balaban J connectivity index is 1.74. The summed E-state index contributed by atoms with van der Waals surface area (Å²) in [4.78, 5) is 10.3. The Labute approximate surface area is 259 Å². The minimum atomic E-state index is -4.98. The highest BCUT2D eigenvalue weighted by molar-refractivity contribution is 7.86. The zero-order valence-corrected chi connectivity index (χ0v) is 26.8. The van der Waals surface area contributed by atoms with Crippen LogP contribution in [0.2, 0.25) is 0 Å². The van der Waals surface area contributed by atoms with Crippen molar-refractivity contribution in [3.63, 3.8) is 0 Å². The predicted molar refractivity (Wildman–Crippen MR) is 170 cm³/mol. The summed E-state index contributed by atoms with van der Waals surface area (Å²) in [7, 11) is -9.76. The molecule has 3 aromatic carbocycles. The van der Waals surface area contributed by atoms with Gasteiger partial charge in [0.1, 0.15) is 10.6 Å². The van der Waals surface area contributed by atoms with Gasteiger partial charge < -0.3 is 10.4 Å². The molecule has 0 aliphatic rings. The first-order chi connectivity index (χ1) is 20.8. The monoisotopic (exact) mass is 647 g/mol. The van der Waals surface area contributed by atoms with Crippen molar-refractivity contribution >= 4 is 54.0 Å². The average Bonchev–Trinajstić information content (AvgIpc) is 2.94. The fourth-order valence-corrected chi connectivity index (χ4v) is 6.22. The standard InChI is InChI=1S/C31H41N3O8S2/c1-3-4-5-6-7-8-9-10-11-12-13-14-23-15-17-25(18-16-23)33-34-30-28(44(40,41)42)20-24-19-26(43(37,38)39)21-27(32-22(2)35)29(24)31(30)36/h15-21,36H,3-14H2,1-2H3,(H,32,35)(H,37,38,39)(H,40,41,42). The van der Waals surface area contributed by atoms with E-state index in [0.29, 0.717) is 5.69 Å². The third-order valence-corrected chi connectivity index (χ3v) is 8.98. The van der Waals surface area contributed by atoms with Gasteiger partial charge in [-0.1, -0.05) is 83.3 Å². The zero-order valence-electron chi connectivity index (χ0n) is 25.1. The molecule has 0 aliphatic carbocycles. The summed E-state index contributed by atoms with van der Waals surface area (Å²) >= 11 is 0. The van der Waals surface area contributed by atoms with Gasteiger partial charge in [0.05, 0.1) is 16.3 Å². The van der Waals surface area contributed by atoms with E-state index in [-0.39, 0.29) is 16.5 Å². The molecule has 0 unspecified atom stereocenters. The highest BCUT2D eigenvalue weighted by Crippen LogP contribution is 2.45. The van der Waals surface area contributed by atoms with E-state index in [1.807, 2.05) is 12.1 Å². The van der Waals surface area contributed by atoms with Gasteiger partial charge in [0, 0.05) is 12.3 Å². The second-order valence-corrected chi connectivity index (χ2v) is 13.7. The van der Waals surface area contributed by atoms with Crippen LogP contribution in [0.4, 0.5) is 17.1 Å². The number of hydrogen-bond donors (Lipinski definition) is 4. The third-order valence-electron chi connectivity index (χ3n) is 7.28. The number of nitrogens with zero attached hydrogens (tertiary/aromatic N) is 2. The first kappa shape index (κ1) is 35.1. The Bertz CT molecular complexity index is 1690. The molecule has 0 bridgehead atoms. The minimum absolute atomic E-state index is 0.170. The van der Waals surface area contributed by atoms with Gasteiger partial charge in [-0.15, -0.1) is 5.11 Å². The summed E-state index contributed by atoms with van der Waals surface area (Å²) in [5, 5.41) is 20.9. The van der Waals surface area contributed by atoms with Crippen LogP contribution in [0.1, 0.15) is 90.0 Å². The van der Waals surface area contributed by atoms with E-state index in [0.717, 1.165) is 49.9 Å². The number of fused-ring (bicyclic) bond motifs is 1. The number of rotatable bonds is 17. The van der Waals surface area contributed by atoms with Crippen LogP contribution in [0.15, 0.2) is 62.5 Å². The van der Waals surface area contributed by atoms with Crippen molar-refractivity contribution in [3.8, 4) is 5.75 Å². The second kappa shape index (κ2) is 16.1. The molecule has 4 N–H and O–H groups in total. The van der Waals surface area contributed by atoms with Crippen molar-refractivity contribution in [2.24, 2.45) is 10.2 Å². The highest BCUT2D eigenvalue weighted by atomic mass is 32.2. The second-order valence-electron chi connectivity index (χ2n) is 10.9. The summed E-state index contributed by atoms with van der Waals surface area (Å²) in [6, 6.07) is 9.84. The summed E-state index contributed by atoms with van der Waals surface area (Å²) in [6.45, 7) is 3.37. The molecule has 0 fully saturated rings. The van der Waals surface area contributed by atoms with E-state index in [2.05, 4.69) is 22.5 Å². The van der Waals surface area contributed by atoms with Gasteiger partial charge >= 0.3 is 0 Å². The average molecular weight is 648 g/mol. The van der Waals surface area contributed by atoms with Crippen molar-refractivity contribution in [2.75, 3.05) is 5.32 Å². The molecule has 3 rings (SSSR count). The lowest BCUT2D eigenvalue weighted by Crippen LogP contribution is -2.08. The number of carbonyl (C=O) groups excluding carboxylic acids is 1. The van der Waals surface area contributed by atoms with Gasteiger partial charge in [0.15, 0.2) is 5.75 Å². The number of nitrogens with one attached hydrogen (secondary N) is 1. The molecule has 0 saturated heterocycles. The van der Waals surface area contributed by atoms with Crippen molar-refractivity contribution in [2.45, 2.75) is 101 Å². The number of amides is 1. The molecule has 240 valence electrons. The zero-order chi connectivity index (χ0) is 32.3. The molecular weight excluding hydrogens is 606 g/mol. The van der Waals surface area contributed by atoms with Crippen molar-refractivity contribution in [3.05, 3.63) is 48.0 Å². The molecule has 1 amide bonds. The number of benzene rings is 3. The maximum absolute atomic E-state index is 12.2. The number of phenolic OH excluding ortho intramolecular Hbond substituents is 1. The van der Waals surface area contributed by atoms with Gasteiger partial charge in [-0.05, 0) is 54.1 Å². The third kappa shape index (κ3) is 10.4. The molecule has 44 heavy (non-hydrogen) atoms. The van der Waals surface area contributed by atoms with Gasteiger partial charge in [-0.2, -0.15) is 21.9 Å². The molecule has 11 nitrogen and oxygen atoms in total. The summed E-state index contributed by atoms with van der Waals surface area (Å²) in [6.07, 6.45) is 14.8. The van der Waals surface area contributed by atoms with E-state index in [4.69, 9.17) is 0 Å². The summed E-state index contributed by atoms with van der Waals surface area (Å²) < 4.78 is 67.3.